The van der Waals surface area contributed by atoms with Crippen molar-refractivity contribution >= 4 is 27.5 Å². The van der Waals surface area contributed by atoms with E-state index in [1.807, 2.05) is 0 Å². The van der Waals surface area contributed by atoms with E-state index in [0.717, 1.165) is 32.5 Å². The van der Waals surface area contributed by atoms with E-state index in [9.17, 15) is 18.3 Å². The van der Waals surface area contributed by atoms with E-state index in [0.29, 0.717) is 11.7 Å². The number of carboxylic acids is 1. The van der Waals surface area contributed by atoms with Crippen molar-refractivity contribution in [3.05, 3.63) is 48.2 Å². The van der Waals surface area contributed by atoms with Gasteiger partial charge in [-0.05, 0) is 75.9 Å². The van der Waals surface area contributed by atoms with Gasteiger partial charge >= 0.3 is 5.97 Å². The predicted octanol–water partition coefficient (Wildman–Crippen LogP) is 3.67. The molecule has 178 valence electrons. The van der Waals surface area contributed by atoms with Crippen LogP contribution in [0.25, 0.3) is 0 Å². The van der Waals surface area contributed by atoms with Gasteiger partial charge < -0.3 is 14.9 Å². The molecule has 0 atom stereocenters. The Kier molecular flexibility index (Phi) is 7.49. The lowest BCUT2D eigenvalue weighted by Crippen LogP contribution is -2.37. The molecule has 4 rings (SSSR count). The summed E-state index contributed by atoms with van der Waals surface area (Å²) in [5.74, 6) is -0.0226. The van der Waals surface area contributed by atoms with E-state index < -0.39 is 16.0 Å². The van der Waals surface area contributed by atoms with E-state index in [1.54, 1.807) is 18.2 Å². The Morgan fingerprint density at radius 3 is 2.42 bits per heavy atom. The van der Waals surface area contributed by atoms with Crippen LogP contribution in [0.5, 0.6) is 0 Å². The van der Waals surface area contributed by atoms with Gasteiger partial charge in [-0.25, -0.2) is 18.2 Å². The number of likely N-dealkylation sites (tertiary alicyclic amines) is 1. The summed E-state index contributed by atoms with van der Waals surface area (Å²) in [6.07, 6.45) is 8.46. The highest BCUT2D eigenvalue weighted by Crippen LogP contribution is 2.31. The molecule has 0 aliphatic carbocycles. The second-order valence-electron chi connectivity index (χ2n) is 8.94. The Hall–Kier alpha value is -2.65. The molecule has 2 N–H and O–H groups in total. The van der Waals surface area contributed by atoms with E-state index in [-0.39, 0.29) is 16.1 Å². The summed E-state index contributed by atoms with van der Waals surface area (Å²) in [6.45, 7) is 5.11. The third kappa shape index (κ3) is 6.03. The number of nitrogens with one attached hydrogen (secondary N) is 1. The molecule has 0 saturated carbocycles. The molecule has 0 unspecified atom stereocenters. The second-order valence-corrected chi connectivity index (χ2v) is 10.6. The summed E-state index contributed by atoms with van der Waals surface area (Å²) in [7, 11) is -3.86. The number of pyridine rings is 1. The summed E-state index contributed by atoms with van der Waals surface area (Å²) >= 11 is 0. The third-order valence-electron chi connectivity index (χ3n) is 6.63. The lowest BCUT2D eigenvalue weighted by atomic mass is 9.93. The van der Waals surface area contributed by atoms with Crippen LogP contribution in [0.4, 0.5) is 11.5 Å². The molecule has 0 bridgehead atoms. The number of benzene rings is 1. The molecule has 33 heavy (non-hydrogen) atoms. The molecule has 0 radical (unpaired) electrons. The largest absolute Gasteiger partial charge is 0.478 e. The zero-order chi connectivity index (χ0) is 23.3. The summed E-state index contributed by atoms with van der Waals surface area (Å²) in [5.41, 5.74) is 0.145. The third-order valence-corrected chi connectivity index (χ3v) is 8.01. The zero-order valence-corrected chi connectivity index (χ0v) is 19.6. The number of hydrogen-bond acceptors (Lipinski definition) is 6. The molecule has 1 aromatic carbocycles. The monoisotopic (exact) mass is 472 g/mol. The molecule has 2 saturated heterocycles. The van der Waals surface area contributed by atoms with E-state index >= 15 is 0 Å². The molecular weight excluding hydrogens is 440 g/mol. The molecule has 2 fully saturated rings. The molecule has 2 aliphatic heterocycles. The van der Waals surface area contributed by atoms with E-state index in [2.05, 4.69) is 19.5 Å². The first-order valence-electron chi connectivity index (χ1n) is 11.7. The summed E-state index contributed by atoms with van der Waals surface area (Å²) < 4.78 is 28.4. The van der Waals surface area contributed by atoms with Gasteiger partial charge in [0.05, 0.1) is 16.1 Å². The molecule has 8 nitrogen and oxygen atoms in total. The van der Waals surface area contributed by atoms with Gasteiger partial charge in [0, 0.05) is 19.3 Å². The topological polar surface area (TPSA) is 103 Å². The minimum atomic E-state index is -3.86. The van der Waals surface area contributed by atoms with Gasteiger partial charge in [0.2, 0.25) is 0 Å². The Labute approximate surface area is 195 Å². The second kappa shape index (κ2) is 10.5. The Balaban J connectivity index is 1.45. The van der Waals surface area contributed by atoms with Crippen LogP contribution in [0.1, 0.15) is 48.9 Å². The molecule has 3 heterocycles. The number of aromatic carboxylic acids is 1. The van der Waals surface area contributed by atoms with Gasteiger partial charge in [-0.3, -0.25) is 4.72 Å². The van der Waals surface area contributed by atoms with Crippen LogP contribution in [0.3, 0.4) is 0 Å². The molecule has 0 spiro atoms. The molecule has 2 aromatic rings. The first-order chi connectivity index (χ1) is 15.9. The van der Waals surface area contributed by atoms with Crippen LogP contribution in [0.2, 0.25) is 0 Å². The van der Waals surface area contributed by atoms with Crippen molar-refractivity contribution in [3.8, 4) is 0 Å². The molecule has 1 aromatic heterocycles. The normalized spacial score (nSPS) is 18.2. The van der Waals surface area contributed by atoms with Crippen LogP contribution < -0.4 is 9.62 Å². The molecule has 9 heteroatoms. The SMILES string of the molecule is O=C(O)c1cnc(N2CCC(CCN3CCCCC3)CC2)c(NS(=O)(=O)c2ccccc2)c1. The van der Waals surface area contributed by atoms with Crippen molar-refractivity contribution < 1.29 is 18.3 Å². The van der Waals surface area contributed by atoms with Crippen molar-refractivity contribution in [2.75, 3.05) is 42.3 Å². The number of piperidine rings is 2. The van der Waals surface area contributed by atoms with Crippen molar-refractivity contribution in [2.45, 2.75) is 43.4 Å². The fourth-order valence-electron chi connectivity index (χ4n) is 4.69. The van der Waals surface area contributed by atoms with Crippen molar-refractivity contribution in [1.29, 1.82) is 0 Å². The minimum absolute atomic E-state index is 0.0547. The van der Waals surface area contributed by atoms with Gasteiger partial charge in [0.15, 0.2) is 5.82 Å². The maximum Gasteiger partial charge on any atom is 0.337 e. The van der Waals surface area contributed by atoms with Crippen molar-refractivity contribution in [3.63, 3.8) is 0 Å². The standard InChI is InChI=1S/C24H32N4O4S/c29-24(30)20-17-22(26-33(31,32)21-7-3-1-4-8-21)23(25-18-20)28-15-10-19(11-16-28)9-14-27-12-5-2-6-13-27/h1,3-4,7-8,17-19,26H,2,5-6,9-16H2,(H,29,30). The quantitative estimate of drug-likeness (QED) is 0.604. The van der Waals surface area contributed by atoms with Crippen LogP contribution >= 0.6 is 0 Å². The first kappa shape index (κ1) is 23.5. The summed E-state index contributed by atoms with van der Waals surface area (Å²) in [4.78, 5) is 20.6. The molecule has 0 amide bonds. The van der Waals surface area contributed by atoms with Gasteiger partial charge in [-0.15, -0.1) is 0 Å². The number of sulfonamides is 1. The van der Waals surface area contributed by atoms with E-state index in [4.69, 9.17) is 0 Å². The number of aromatic nitrogens is 1. The fourth-order valence-corrected chi connectivity index (χ4v) is 5.76. The first-order valence-corrected chi connectivity index (χ1v) is 13.2. The highest BCUT2D eigenvalue weighted by Gasteiger charge is 2.25. The van der Waals surface area contributed by atoms with Crippen molar-refractivity contribution in [1.82, 2.24) is 9.88 Å². The average molecular weight is 473 g/mol. The number of rotatable bonds is 8. The van der Waals surface area contributed by atoms with Crippen molar-refractivity contribution in [2.24, 2.45) is 5.92 Å². The highest BCUT2D eigenvalue weighted by atomic mass is 32.2. The highest BCUT2D eigenvalue weighted by molar-refractivity contribution is 7.92. The smallest absolute Gasteiger partial charge is 0.337 e. The van der Waals surface area contributed by atoms with Crippen LogP contribution in [-0.2, 0) is 10.0 Å². The summed E-state index contributed by atoms with van der Waals surface area (Å²) in [5, 5.41) is 9.39. The number of carboxylic acid groups (broad SMARTS) is 1. The minimum Gasteiger partial charge on any atom is -0.478 e. The Bertz CT molecular complexity index is 1050. The van der Waals surface area contributed by atoms with Crippen LogP contribution in [0.15, 0.2) is 47.5 Å². The lowest BCUT2D eigenvalue weighted by molar-refractivity contribution is 0.0696. The Morgan fingerprint density at radius 2 is 1.76 bits per heavy atom. The maximum absolute atomic E-state index is 12.9. The van der Waals surface area contributed by atoms with Gasteiger partial charge in [0.25, 0.3) is 10.0 Å². The lowest BCUT2D eigenvalue weighted by Gasteiger charge is -2.35. The average Bonchev–Trinajstić information content (AvgIpc) is 2.84. The van der Waals surface area contributed by atoms with Gasteiger partial charge in [-0.2, -0.15) is 0 Å². The fraction of sp³-hybridized carbons (Fsp3) is 0.500. The number of hydrogen-bond donors (Lipinski definition) is 2. The number of anilines is 2. The molecular formula is C24H32N4O4S. The van der Waals surface area contributed by atoms with Gasteiger partial charge in [0.1, 0.15) is 0 Å². The van der Waals surface area contributed by atoms with Crippen LogP contribution in [-0.4, -0.2) is 62.1 Å². The Morgan fingerprint density at radius 1 is 1.06 bits per heavy atom. The number of nitrogens with zero attached hydrogens (tertiary/aromatic N) is 3. The maximum atomic E-state index is 12.9. The van der Waals surface area contributed by atoms with Gasteiger partial charge in [-0.1, -0.05) is 24.6 Å². The number of carbonyl (C=O) groups is 1. The van der Waals surface area contributed by atoms with Crippen LogP contribution in [0, 0.1) is 5.92 Å². The molecule has 2 aliphatic rings. The van der Waals surface area contributed by atoms with E-state index in [1.165, 1.54) is 63.2 Å². The summed E-state index contributed by atoms with van der Waals surface area (Å²) in [6, 6.07) is 9.40. The predicted molar refractivity (Wildman–Crippen MR) is 128 cm³/mol. The zero-order valence-electron chi connectivity index (χ0n) is 18.8.